The van der Waals surface area contributed by atoms with Crippen LogP contribution in [0.1, 0.15) is 50.5 Å². The second-order valence-electron chi connectivity index (χ2n) is 10.5. The minimum Gasteiger partial charge on any atom is -0.383 e. The molecule has 2 N–H and O–H groups in total. The molecule has 38 heavy (non-hydrogen) atoms. The Morgan fingerprint density at radius 1 is 1.03 bits per heavy atom. The van der Waals surface area contributed by atoms with Crippen LogP contribution in [0.3, 0.4) is 0 Å². The number of rotatable bonds is 10. The second-order valence-corrected chi connectivity index (χ2v) is 12.8. The Hall–Kier alpha value is -1.14. The van der Waals surface area contributed by atoms with Crippen LogP contribution >= 0.6 is 24.8 Å². The molecule has 0 aromatic heterocycles. The zero-order valence-electron chi connectivity index (χ0n) is 22.3. The van der Waals surface area contributed by atoms with Gasteiger partial charge in [-0.2, -0.15) is 4.31 Å². The molecule has 4 rings (SSSR count). The molecule has 1 aromatic carbocycles. The molecule has 2 aliphatic heterocycles. The largest absolute Gasteiger partial charge is 0.383 e. The molecule has 0 spiro atoms. The summed E-state index contributed by atoms with van der Waals surface area (Å²) in [6.45, 7) is 3.93. The highest BCUT2D eigenvalue weighted by molar-refractivity contribution is 7.91. The van der Waals surface area contributed by atoms with E-state index in [-0.39, 0.29) is 37.7 Å². The van der Waals surface area contributed by atoms with Crippen LogP contribution in [0.4, 0.5) is 5.69 Å². The van der Waals surface area contributed by atoms with Crippen molar-refractivity contribution in [3.05, 3.63) is 29.8 Å². The van der Waals surface area contributed by atoms with Gasteiger partial charge in [0.25, 0.3) is 5.91 Å². The zero-order chi connectivity index (χ0) is 25.6. The number of halogens is 2. The Morgan fingerprint density at radius 2 is 1.63 bits per heavy atom. The average molecular weight is 596 g/mol. The van der Waals surface area contributed by atoms with E-state index < -0.39 is 20.7 Å². The Kier molecular flexibility index (Phi) is 13.1. The third kappa shape index (κ3) is 7.33. The third-order valence-electron chi connectivity index (χ3n) is 8.48. The first-order valence-corrected chi connectivity index (χ1v) is 14.8. The summed E-state index contributed by atoms with van der Waals surface area (Å²) >= 11 is 0. The van der Waals surface area contributed by atoms with Crippen molar-refractivity contribution in [2.45, 2.75) is 56.1 Å². The van der Waals surface area contributed by atoms with Gasteiger partial charge in [0.2, 0.25) is 10.0 Å². The molecular formula is C26H44Cl2N4O5S. The summed E-state index contributed by atoms with van der Waals surface area (Å²) in [6, 6.07) is 8.69. The van der Waals surface area contributed by atoms with E-state index in [0.29, 0.717) is 52.4 Å². The number of hydrogen-bond acceptors (Lipinski definition) is 7. The molecule has 218 valence electrons. The van der Waals surface area contributed by atoms with Gasteiger partial charge in [-0.1, -0.05) is 37.8 Å². The topological polar surface area (TPSA) is 102 Å². The van der Waals surface area contributed by atoms with Crippen LogP contribution in [0.15, 0.2) is 24.3 Å². The van der Waals surface area contributed by atoms with Gasteiger partial charge in [0, 0.05) is 58.6 Å². The van der Waals surface area contributed by atoms with Gasteiger partial charge in [0.05, 0.1) is 6.61 Å². The minimum atomic E-state index is -3.95. The smallest absolute Gasteiger partial charge is 0.266 e. The van der Waals surface area contributed by atoms with Crippen molar-refractivity contribution in [2.75, 3.05) is 64.4 Å². The van der Waals surface area contributed by atoms with Gasteiger partial charge in [0.1, 0.15) is 0 Å². The van der Waals surface area contributed by atoms with E-state index >= 15 is 0 Å². The molecule has 2 saturated heterocycles. The van der Waals surface area contributed by atoms with Crippen molar-refractivity contribution in [3.8, 4) is 0 Å². The number of piperidine rings is 1. The quantitative estimate of drug-likeness (QED) is 0.317. The first-order valence-electron chi connectivity index (χ1n) is 13.4. The maximum atomic E-state index is 13.7. The molecule has 1 aliphatic carbocycles. The van der Waals surface area contributed by atoms with Gasteiger partial charge in [-0.05, 0) is 49.3 Å². The Labute approximate surface area is 240 Å². The van der Waals surface area contributed by atoms with E-state index in [9.17, 15) is 18.4 Å². The van der Waals surface area contributed by atoms with Gasteiger partial charge in [-0.15, -0.1) is 24.8 Å². The molecule has 1 aromatic rings. The van der Waals surface area contributed by atoms with Crippen LogP contribution in [0, 0.1) is 5.92 Å². The van der Waals surface area contributed by atoms with Crippen LogP contribution in [-0.4, -0.2) is 93.0 Å². The van der Waals surface area contributed by atoms with Crippen molar-refractivity contribution < 1.29 is 23.2 Å². The predicted octanol–water partition coefficient (Wildman–Crippen LogP) is 3.09. The fraction of sp³-hybridized carbons (Fsp3) is 0.731. The summed E-state index contributed by atoms with van der Waals surface area (Å²) in [5.74, 6) is 0.0537. The fourth-order valence-electron chi connectivity index (χ4n) is 6.04. The van der Waals surface area contributed by atoms with Gasteiger partial charge in [-0.3, -0.25) is 10.0 Å². The van der Waals surface area contributed by atoms with Crippen LogP contribution in [-0.2, 0) is 26.0 Å². The molecule has 0 bridgehead atoms. The van der Waals surface area contributed by atoms with Crippen molar-refractivity contribution in [3.63, 3.8) is 0 Å². The second kappa shape index (κ2) is 15.0. The third-order valence-corrected chi connectivity index (χ3v) is 11.1. The van der Waals surface area contributed by atoms with E-state index in [0.717, 1.165) is 18.0 Å². The standard InChI is InChI=1S/C26H42N4O5S.2ClH/c1-35-21-20-28-14-12-26(13-15-28,25(31)27-32)36(33,34)30-18-16-29(17-19-30)24-10-8-23(9-11-24)7-6-22-4-2-3-5-22;;/h8-11,22,32H,2-7,12-21H2,1H3,(H,27,31);2*1H. The number of sulfonamides is 1. The van der Waals surface area contributed by atoms with Crippen LogP contribution in [0.25, 0.3) is 0 Å². The van der Waals surface area contributed by atoms with Gasteiger partial charge in [0.15, 0.2) is 4.75 Å². The number of likely N-dealkylation sites (tertiary alicyclic amines) is 1. The van der Waals surface area contributed by atoms with E-state index in [2.05, 4.69) is 34.1 Å². The summed E-state index contributed by atoms with van der Waals surface area (Å²) in [4.78, 5) is 17.0. The number of carbonyl (C=O) groups excluding carboxylic acids is 1. The maximum Gasteiger partial charge on any atom is 0.266 e. The summed E-state index contributed by atoms with van der Waals surface area (Å²) < 4.78 is 32.4. The molecule has 1 saturated carbocycles. The number of carbonyl (C=O) groups is 1. The molecule has 1 amide bonds. The molecular weight excluding hydrogens is 551 g/mol. The monoisotopic (exact) mass is 594 g/mol. The van der Waals surface area contributed by atoms with E-state index in [1.807, 2.05) is 0 Å². The van der Waals surface area contributed by atoms with Gasteiger partial charge >= 0.3 is 0 Å². The molecule has 2 heterocycles. The fourth-order valence-corrected chi connectivity index (χ4v) is 8.16. The van der Waals surface area contributed by atoms with E-state index in [1.54, 1.807) is 12.6 Å². The van der Waals surface area contributed by atoms with Crippen LogP contribution in [0.2, 0.25) is 0 Å². The van der Waals surface area contributed by atoms with Gasteiger partial charge < -0.3 is 14.5 Å². The summed E-state index contributed by atoms with van der Waals surface area (Å²) in [7, 11) is -2.33. The molecule has 0 atom stereocenters. The lowest BCUT2D eigenvalue weighted by atomic mass is 9.95. The Morgan fingerprint density at radius 3 is 2.18 bits per heavy atom. The number of hydroxylamine groups is 1. The minimum absolute atomic E-state index is 0. The number of aryl methyl sites for hydroxylation is 1. The van der Waals surface area contributed by atoms with E-state index in [1.165, 1.54) is 42.0 Å². The molecule has 0 unspecified atom stereocenters. The highest BCUT2D eigenvalue weighted by Gasteiger charge is 2.55. The summed E-state index contributed by atoms with van der Waals surface area (Å²) in [5.41, 5.74) is 4.11. The first kappa shape index (κ1) is 33.1. The SMILES string of the molecule is COCCN1CCC(C(=O)NO)(S(=O)(=O)N2CCN(c3ccc(CCC4CCCC4)cc3)CC2)CC1.Cl.Cl. The normalized spacial score (nSPS) is 20.9. The lowest BCUT2D eigenvalue weighted by molar-refractivity contribution is -0.133. The first-order chi connectivity index (χ1) is 17.4. The highest BCUT2D eigenvalue weighted by atomic mass is 35.5. The predicted molar refractivity (Wildman–Crippen MR) is 154 cm³/mol. The average Bonchev–Trinajstić information content (AvgIpc) is 3.44. The summed E-state index contributed by atoms with van der Waals surface area (Å²) in [6.07, 6.45) is 8.19. The Bertz CT molecular complexity index is 960. The molecule has 0 radical (unpaired) electrons. The lowest BCUT2D eigenvalue weighted by Crippen LogP contribution is -2.63. The Balaban J connectivity index is 0.00000253. The van der Waals surface area contributed by atoms with Crippen LogP contribution < -0.4 is 10.4 Å². The van der Waals surface area contributed by atoms with Crippen molar-refractivity contribution >= 4 is 46.4 Å². The number of amides is 1. The zero-order valence-corrected chi connectivity index (χ0v) is 24.8. The number of ether oxygens (including phenoxy) is 1. The number of benzene rings is 1. The van der Waals surface area contributed by atoms with Gasteiger partial charge in [-0.25, -0.2) is 13.9 Å². The van der Waals surface area contributed by atoms with Crippen molar-refractivity contribution in [2.24, 2.45) is 5.92 Å². The number of nitrogens with zero attached hydrogens (tertiary/aromatic N) is 3. The molecule has 12 heteroatoms. The molecule has 3 fully saturated rings. The number of nitrogens with one attached hydrogen (secondary N) is 1. The van der Waals surface area contributed by atoms with E-state index in [4.69, 9.17) is 4.74 Å². The lowest BCUT2D eigenvalue weighted by Gasteiger charge is -2.44. The van der Waals surface area contributed by atoms with Crippen molar-refractivity contribution in [1.29, 1.82) is 0 Å². The summed E-state index contributed by atoms with van der Waals surface area (Å²) in [5, 5.41) is 9.41. The number of anilines is 1. The van der Waals surface area contributed by atoms with Crippen LogP contribution in [0.5, 0.6) is 0 Å². The van der Waals surface area contributed by atoms with Crippen molar-refractivity contribution in [1.82, 2.24) is 14.7 Å². The maximum absolute atomic E-state index is 13.7. The number of piperazine rings is 1. The highest BCUT2D eigenvalue weighted by Crippen LogP contribution is 2.35. The molecule has 9 nitrogen and oxygen atoms in total. The molecule has 3 aliphatic rings. The number of methoxy groups -OCH3 is 1. The number of hydrogen-bond donors (Lipinski definition) is 2.